The summed E-state index contributed by atoms with van der Waals surface area (Å²) in [6.45, 7) is 5.07. The van der Waals surface area contributed by atoms with Crippen molar-refractivity contribution in [1.29, 1.82) is 0 Å². The Bertz CT molecular complexity index is 1510. The summed E-state index contributed by atoms with van der Waals surface area (Å²) in [6.07, 6.45) is 3.09. The molecule has 0 spiro atoms. The summed E-state index contributed by atoms with van der Waals surface area (Å²) in [5.74, 6) is -6.61. The van der Waals surface area contributed by atoms with Gasteiger partial charge in [-0.3, -0.25) is 24.1 Å². The molecule has 6 N–H and O–H groups in total. The number of hydrogen-bond donors (Lipinski definition) is 6. The van der Waals surface area contributed by atoms with Gasteiger partial charge < -0.3 is 31.3 Å². The number of carbonyl (C=O) groups excluding carboxylic acids is 4. The van der Waals surface area contributed by atoms with Gasteiger partial charge in [-0.25, -0.2) is 14.4 Å². The van der Waals surface area contributed by atoms with Crippen LogP contribution in [-0.2, 0) is 35.2 Å². The zero-order valence-corrected chi connectivity index (χ0v) is 28.1. The molecule has 2 rings (SSSR count). The van der Waals surface area contributed by atoms with Crippen LogP contribution in [0.2, 0.25) is 0 Å². The number of carbonyl (C=O) groups is 7. The molecule has 48 heavy (non-hydrogen) atoms. The predicted octanol–water partition coefficient (Wildman–Crippen LogP) is 2.91. The number of aromatic carboxylic acids is 1. The van der Waals surface area contributed by atoms with E-state index in [1.54, 1.807) is 26.0 Å². The minimum absolute atomic E-state index is 0.0407. The van der Waals surface area contributed by atoms with Crippen molar-refractivity contribution in [3.63, 3.8) is 0 Å². The molecule has 4 amide bonds. The number of unbranched alkanes of at least 4 members (excludes halogenated alkanes) is 1. The van der Waals surface area contributed by atoms with Crippen LogP contribution >= 0.6 is 11.8 Å². The minimum Gasteiger partial charge on any atom is -0.480 e. The number of carboxylic acid groups (broad SMARTS) is 3. The van der Waals surface area contributed by atoms with E-state index in [-0.39, 0.29) is 42.2 Å². The molecular formula is C33H42N4O10S. The molecule has 2 aromatic carbocycles. The first-order chi connectivity index (χ1) is 22.7. The summed E-state index contributed by atoms with van der Waals surface area (Å²) >= 11 is 1.48. The Labute approximate surface area is 282 Å². The number of para-hydroxylation sites is 1. The van der Waals surface area contributed by atoms with E-state index in [0.29, 0.717) is 36.1 Å². The maximum Gasteiger partial charge on any atom is 0.395 e. The average molecular weight is 687 g/mol. The second kappa shape index (κ2) is 19.0. The molecule has 0 aromatic heterocycles. The van der Waals surface area contributed by atoms with Gasteiger partial charge in [-0.1, -0.05) is 38.1 Å². The lowest BCUT2D eigenvalue weighted by atomic mass is 9.94. The molecular weight excluding hydrogens is 644 g/mol. The Morgan fingerprint density at radius 3 is 2.15 bits per heavy atom. The second-order valence-electron chi connectivity index (χ2n) is 11.3. The lowest BCUT2D eigenvalue weighted by molar-refractivity contribution is -0.148. The van der Waals surface area contributed by atoms with Crippen LogP contribution in [0.3, 0.4) is 0 Å². The van der Waals surface area contributed by atoms with Crippen molar-refractivity contribution >= 4 is 64.7 Å². The smallest absolute Gasteiger partial charge is 0.395 e. The fraction of sp³-hybridized carbons (Fsp3) is 0.424. The number of thioether (sulfide) groups is 1. The third-order valence-electron chi connectivity index (χ3n) is 7.22. The highest BCUT2D eigenvalue weighted by Crippen LogP contribution is 2.36. The minimum atomic E-state index is -1.78. The van der Waals surface area contributed by atoms with E-state index < -0.39 is 53.6 Å². The van der Waals surface area contributed by atoms with Gasteiger partial charge in [0.1, 0.15) is 12.1 Å². The Morgan fingerprint density at radius 2 is 1.56 bits per heavy atom. The summed E-state index contributed by atoms with van der Waals surface area (Å²) in [4.78, 5) is 86.2. The maximum atomic E-state index is 13.1. The summed E-state index contributed by atoms with van der Waals surface area (Å²) in [5.41, 5.74) is 0.832. The van der Waals surface area contributed by atoms with Crippen molar-refractivity contribution < 1.29 is 48.9 Å². The highest BCUT2D eigenvalue weighted by atomic mass is 32.2. The first kappa shape index (κ1) is 39.3. The summed E-state index contributed by atoms with van der Waals surface area (Å²) < 4.78 is 0. The van der Waals surface area contributed by atoms with E-state index in [9.17, 15) is 48.9 Å². The predicted molar refractivity (Wildman–Crippen MR) is 179 cm³/mol. The molecule has 0 bridgehead atoms. The molecule has 0 radical (unpaired) electrons. The number of nitrogens with zero attached hydrogens (tertiary/aromatic N) is 1. The van der Waals surface area contributed by atoms with Crippen molar-refractivity contribution in [2.45, 2.75) is 70.9 Å². The lowest BCUT2D eigenvalue weighted by Crippen LogP contribution is -2.47. The van der Waals surface area contributed by atoms with E-state index in [0.717, 1.165) is 4.90 Å². The monoisotopic (exact) mass is 686 g/mol. The van der Waals surface area contributed by atoms with Crippen LogP contribution in [0.1, 0.15) is 73.9 Å². The van der Waals surface area contributed by atoms with Crippen LogP contribution < -0.4 is 20.9 Å². The topological polar surface area (TPSA) is 220 Å². The quantitative estimate of drug-likeness (QED) is 0.0989. The molecule has 0 unspecified atom stereocenters. The van der Waals surface area contributed by atoms with Gasteiger partial charge in [0, 0.05) is 26.3 Å². The number of amides is 4. The standard InChI is InChI=1S/C33H42N4O10S/c1-19(2)23-17-21(12-13-27(23)37(30(41)33(46)47)26-10-6-5-9-22(26)31(42)43)18-25(35-20(3)38)29(40)34-15-8-7-11-28(39)36-24(32(44)45)14-16-48-4/h5-6,9-10,12-13,17,19,24-25H,7-8,11,14-16,18H2,1-4H3,(H,34,40)(H,35,38)(H,36,39)(H,42,43)(H,44,45)(H,46,47)/t24-,25-/m0/s1. The molecule has 2 aromatic rings. The molecule has 260 valence electrons. The molecule has 0 heterocycles. The summed E-state index contributed by atoms with van der Waals surface area (Å²) in [5, 5.41) is 36.5. The highest BCUT2D eigenvalue weighted by Gasteiger charge is 2.30. The van der Waals surface area contributed by atoms with E-state index in [4.69, 9.17) is 0 Å². The van der Waals surface area contributed by atoms with Crippen LogP contribution in [-0.4, -0.2) is 87.5 Å². The van der Waals surface area contributed by atoms with E-state index in [2.05, 4.69) is 16.0 Å². The zero-order chi connectivity index (χ0) is 36.0. The van der Waals surface area contributed by atoms with Crippen LogP contribution in [0.25, 0.3) is 0 Å². The molecule has 0 saturated heterocycles. The van der Waals surface area contributed by atoms with Crippen LogP contribution in [0.4, 0.5) is 11.4 Å². The van der Waals surface area contributed by atoms with Gasteiger partial charge in [0.15, 0.2) is 0 Å². The van der Waals surface area contributed by atoms with Crippen molar-refractivity contribution in [3.8, 4) is 0 Å². The van der Waals surface area contributed by atoms with E-state index >= 15 is 0 Å². The zero-order valence-electron chi connectivity index (χ0n) is 27.3. The van der Waals surface area contributed by atoms with Crippen LogP contribution in [0, 0.1) is 0 Å². The number of benzene rings is 2. The maximum absolute atomic E-state index is 13.1. The normalized spacial score (nSPS) is 12.0. The number of nitrogens with one attached hydrogen (secondary N) is 3. The van der Waals surface area contributed by atoms with Crippen LogP contribution in [0.15, 0.2) is 42.5 Å². The van der Waals surface area contributed by atoms with Crippen molar-refractivity contribution in [1.82, 2.24) is 16.0 Å². The molecule has 0 aliphatic rings. The Hall–Kier alpha value is -4.92. The molecule has 0 saturated carbocycles. The van der Waals surface area contributed by atoms with E-state index in [1.807, 2.05) is 6.26 Å². The fourth-order valence-electron chi connectivity index (χ4n) is 4.89. The first-order valence-corrected chi connectivity index (χ1v) is 16.7. The Kier molecular flexibility index (Phi) is 15.6. The van der Waals surface area contributed by atoms with Crippen molar-refractivity contribution in [3.05, 3.63) is 59.2 Å². The molecule has 0 fully saturated rings. The summed E-state index contributed by atoms with van der Waals surface area (Å²) in [6, 6.07) is 8.31. The fourth-order valence-corrected chi connectivity index (χ4v) is 5.36. The second-order valence-corrected chi connectivity index (χ2v) is 12.2. The third kappa shape index (κ3) is 11.7. The van der Waals surface area contributed by atoms with Crippen molar-refractivity contribution in [2.24, 2.45) is 0 Å². The van der Waals surface area contributed by atoms with Crippen molar-refractivity contribution in [2.75, 3.05) is 23.5 Å². The average Bonchev–Trinajstić information content (AvgIpc) is 3.02. The van der Waals surface area contributed by atoms with E-state index in [1.165, 1.54) is 49.0 Å². The van der Waals surface area contributed by atoms with Gasteiger partial charge in [-0.15, -0.1) is 0 Å². The molecule has 14 nitrogen and oxygen atoms in total. The number of rotatable bonds is 18. The SMILES string of the molecule is CSCC[C@H](NC(=O)CCCCNC(=O)[C@H](Cc1ccc(N(C(=O)C(=O)O)c2ccccc2C(=O)O)c(C(C)C)c1)NC(C)=O)C(=O)O. The van der Waals surface area contributed by atoms with Gasteiger partial charge in [0.25, 0.3) is 0 Å². The van der Waals surface area contributed by atoms with Gasteiger partial charge in [-0.2, -0.15) is 11.8 Å². The lowest BCUT2D eigenvalue weighted by Gasteiger charge is -2.27. The molecule has 15 heteroatoms. The number of aliphatic carboxylic acids is 2. The molecule has 0 aliphatic heterocycles. The van der Waals surface area contributed by atoms with Gasteiger partial charge in [0.2, 0.25) is 17.7 Å². The Morgan fingerprint density at radius 1 is 0.875 bits per heavy atom. The van der Waals surface area contributed by atoms with Crippen LogP contribution in [0.5, 0.6) is 0 Å². The number of hydrogen-bond acceptors (Lipinski definition) is 8. The molecule has 0 aliphatic carbocycles. The largest absolute Gasteiger partial charge is 0.480 e. The van der Waals surface area contributed by atoms with Gasteiger partial charge in [0.05, 0.1) is 16.9 Å². The van der Waals surface area contributed by atoms with Gasteiger partial charge >= 0.3 is 23.8 Å². The summed E-state index contributed by atoms with van der Waals surface area (Å²) in [7, 11) is 0. The third-order valence-corrected chi connectivity index (χ3v) is 7.87. The highest BCUT2D eigenvalue weighted by molar-refractivity contribution is 7.98. The molecule has 2 atom stereocenters. The number of carboxylic acids is 3. The first-order valence-electron chi connectivity index (χ1n) is 15.3. The number of anilines is 2. The Balaban J connectivity index is 2.21. The van der Waals surface area contributed by atoms with Gasteiger partial charge in [-0.05, 0) is 66.5 Å².